The van der Waals surface area contributed by atoms with E-state index in [1.54, 1.807) is 0 Å². The molecule has 0 aliphatic carbocycles. The van der Waals surface area contributed by atoms with Gasteiger partial charge in [0.2, 0.25) is 0 Å². The molecule has 4 heteroatoms. The molecule has 1 N–H and O–H groups in total. The highest BCUT2D eigenvalue weighted by Crippen LogP contribution is 2.22. The van der Waals surface area contributed by atoms with E-state index >= 15 is 0 Å². The first-order chi connectivity index (χ1) is 10.1. The average Bonchev–Trinajstić information content (AvgIpc) is 3.00. The number of hydrogen-bond donors (Lipinski definition) is 1. The number of hydrogen-bond acceptors (Lipinski definition) is 3. The first kappa shape index (κ1) is 15.8. The van der Waals surface area contributed by atoms with E-state index in [4.69, 9.17) is 4.74 Å². The normalized spacial score (nSPS) is 18.0. The predicted octanol–water partition coefficient (Wildman–Crippen LogP) is 2.55. The minimum Gasteiger partial charge on any atom is -0.492 e. The second-order valence-electron chi connectivity index (χ2n) is 5.94. The molecule has 1 saturated heterocycles. The highest BCUT2D eigenvalue weighted by molar-refractivity contribution is 5.97. The summed E-state index contributed by atoms with van der Waals surface area (Å²) in [6, 6.07) is 7.86. The number of rotatable bonds is 6. The number of amides is 1. The number of nitrogens with zero attached hydrogens (tertiary/aromatic N) is 1. The van der Waals surface area contributed by atoms with E-state index in [-0.39, 0.29) is 5.91 Å². The molecule has 21 heavy (non-hydrogen) atoms. The van der Waals surface area contributed by atoms with Gasteiger partial charge in [0.15, 0.2) is 0 Å². The van der Waals surface area contributed by atoms with Gasteiger partial charge in [0.1, 0.15) is 5.75 Å². The summed E-state index contributed by atoms with van der Waals surface area (Å²) < 4.78 is 5.81. The molecule has 0 radical (unpaired) electrons. The standard InChI is InChI=1S/C17H26N2O2/c1-4-19(14-9-10-18-11-14)17(20)15-7-5-6-8-16(15)21-12-13(2)3/h5-8,13-14,18H,4,9-12H2,1-3H3. The molecule has 1 heterocycles. The summed E-state index contributed by atoms with van der Waals surface area (Å²) in [4.78, 5) is 14.8. The molecule has 1 aromatic carbocycles. The van der Waals surface area contributed by atoms with Gasteiger partial charge in [0.05, 0.1) is 12.2 Å². The first-order valence-corrected chi connectivity index (χ1v) is 7.87. The van der Waals surface area contributed by atoms with Crippen LogP contribution in [0.2, 0.25) is 0 Å². The summed E-state index contributed by atoms with van der Waals surface area (Å²) in [5, 5.41) is 3.32. The molecular weight excluding hydrogens is 264 g/mol. The number of para-hydroxylation sites is 1. The Labute approximate surface area is 127 Å². The third-order valence-corrected chi connectivity index (χ3v) is 3.77. The quantitative estimate of drug-likeness (QED) is 0.875. The zero-order valence-corrected chi connectivity index (χ0v) is 13.3. The lowest BCUT2D eigenvalue weighted by Gasteiger charge is -2.28. The Bertz CT molecular complexity index is 468. The number of likely N-dealkylation sites (N-methyl/N-ethyl adjacent to an activating group) is 1. The molecule has 1 atom stereocenters. The maximum Gasteiger partial charge on any atom is 0.257 e. The van der Waals surface area contributed by atoms with Crippen LogP contribution in [0.15, 0.2) is 24.3 Å². The Morgan fingerprint density at radius 2 is 2.19 bits per heavy atom. The second-order valence-corrected chi connectivity index (χ2v) is 5.94. The zero-order chi connectivity index (χ0) is 15.2. The van der Waals surface area contributed by atoms with Crippen molar-refractivity contribution in [2.24, 2.45) is 5.92 Å². The summed E-state index contributed by atoms with van der Waals surface area (Å²) in [6.45, 7) is 9.47. The van der Waals surface area contributed by atoms with Crippen LogP contribution in [-0.2, 0) is 0 Å². The van der Waals surface area contributed by atoms with Gasteiger partial charge < -0.3 is 15.0 Å². The Kier molecular flexibility index (Phi) is 5.62. The van der Waals surface area contributed by atoms with Gasteiger partial charge in [-0.3, -0.25) is 4.79 Å². The third-order valence-electron chi connectivity index (χ3n) is 3.77. The molecule has 1 aliphatic rings. The van der Waals surface area contributed by atoms with E-state index in [2.05, 4.69) is 19.2 Å². The van der Waals surface area contributed by atoms with Crippen LogP contribution in [0.25, 0.3) is 0 Å². The van der Waals surface area contributed by atoms with Gasteiger partial charge in [-0.05, 0) is 37.9 Å². The fraction of sp³-hybridized carbons (Fsp3) is 0.588. The Hall–Kier alpha value is -1.55. The molecule has 116 valence electrons. The topological polar surface area (TPSA) is 41.6 Å². The Morgan fingerprint density at radius 1 is 1.43 bits per heavy atom. The molecule has 1 aliphatic heterocycles. The van der Waals surface area contributed by atoms with Crippen LogP contribution in [0.5, 0.6) is 5.75 Å². The van der Waals surface area contributed by atoms with E-state index in [1.807, 2.05) is 36.1 Å². The van der Waals surface area contributed by atoms with Gasteiger partial charge in [0, 0.05) is 19.1 Å². The monoisotopic (exact) mass is 290 g/mol. The van der Waals surface area contributed by atoms with Gasteiger partial charge in [-0.1, -0.05) is 26.0 Å². The fourth-order valence-corrected chi connectivity index (χ4v) is 2.65. The summed E-state index contributed by atoms with van der Waals surface area (Å²) >= 11 is 0. The van der Waals surface area contributed by atoms with Crippen molar-refractivity contribution in [1.29, 1.82) is 0 Å². The molecule has 0 aromatic heterocycles. The summed E-state index contributed by atoms with van der Waals surface area (Å²) in [5.74, 6) is 1.21. The number of carbonyl (C=O) groups excluding carboxylic acids is 1. The van der Waals surface area contributed by atoms with Crippen LogP contribution in [0, 0.1) is 5.92 Å². The van der Waals surface area contributed by atoms with Gasteiger partial charge in [-0.15, -0.1) is 0 Å². The van der Waals surface area contributed by atoms with Gasteiger partial charge in [-0.2, -0.15) is 0 Å². The lowest BCUT2D eigenvalue weighted by atomic mass is 10.1. The molecule has 1 aromatic rings. The largest absolute Gasteiger partial charge is 0.492 e. The predicted molar refractivity (Wildman–Crippen MR) is 84.8 cm³/mol. The van der Waals surface area contributed by atoms with E-state index in [9.17, 15) is 4.79 Å². The smallest absolute Gasteiger partial charge is 0.257 e. The van der Waals surface area contributed by atoms with Crippen molar-refractivity contribution in [3.8, 4) is 5.75 Å². The van der Waals surface area contributed by atoms with Crippen molar-refractivity contribution in [3.63, 3.8) is 0 Å². The molecule has 1 unspecified atom stereocenters. The maximum absolute atomic E-state index is 12.8. The fourth-order valence-electron chi connectivity index (χ4n) is 2.65. The molecule has 0 saturated carbocycles. The number of nitrogens with one attached hydrogen (secondary N) is 1. The van der Waals surface area contributed by atoms with Crippen molar-refractivity contribution in [1.82, 2.24) is 10.2 Å². The lowest BCUT2D eigenvalue weighted by molar-refractivity contribution is 0.0698. The van der Waals surface area contributed by atoms with Gasteiger partial charge in [0.25, 0.3) is 5.91 Å². The van der Waals surface area contributed by atoms with Crippen LogP contribution in [0.3, 0.4) is 0 Å². The van der Waals surface area contributed by atoms with Crippen molar-refractivity contribution in [2.45, 2.75) is 33.2 Å². The van der Waals surface area contributed by atoms with Crippen molar-refractivity contribution in [2.75, 3.05) is 26.2 Å². The highest BCUT2D eigenvalue weighted by Gasteiger charge is 2.27. The Morgan fingerprint density at radius 3 is 2.81 bits per heavy atom. The van der Waals surface area contributed by atoms with Crippen LogP contribution < -0.4 is 10.1 Å². The highest BCUT2D eigenvalue weighted by atomic mass is 16.5. The molecule has 0 bridgehead atoms. The number of carbonyl (C=O) groups is 1. The van der Waals surface area contributed by atoms with Crippen LogP contribution in [0.4, 0.5) is 0 Å². The van der Waals surface area contributed by atoms with Gasteiger partial charge in [-0.25, -0.2) is 0 Å². The molecule has 0 spiro atoms. The Balaban J connectivity index is 2.16. The van der Waals surface area contributed by atoms with Gasteiger partial charge >= 0.3 is 0 Å². The van der Waals surface area contributed by atoms with Crippen LogP contribution in [0.1, 0.15) is 37.6 Å². The summed E-state index contributed by atoms with van der Waals surface area (Å²) in [7, 11) is 0. The van der Waals surface area contributed by atoms with E-state index in [1.165, 1.54) is 0 Å². The first-order valence-electron chi connectivity index (χ1n) is 7.87. The minimum absolute atomic E-state index is 0.0746. The SMILES string of the molecule is CCN(C(=O)c1ccccc1OCC(C)C)C1CCNC1. The maximum atomic E-state index is 12.8. The van der Waals surface area contributed by atoms with Crippen LogP contribution in [-0.4, -0.2) is 43.1 Å². The summed E-state index contributed by atoms with van der Waals surface area (Å²) in [5.41, 5.74) is 0.673. The van der Waals surface area contributed by atoms with E-state index in [0.29, 0.717) is 29.9 Å². The van der Waals surface area contributed by atoms with E-state index < -0.39 is 0 Å². The second kappa shape index (κ2) is 7.46. The van der Waals surface area contributed by atoms with Crippen molar-refractivity contribution >= 4 is 5.91 Å². The van der Waals surface area contributed by atoms with Crippen molar-refractivity contribution in [3.05, 3.63) is 29.8 Å². The van der Waals surface area contributed by atoms with Crippen LogP contribution >= 0.6 is 0 Å². The summed E-state index contributed by atoms with van der Waals surface area (Å²) in [6.07, 6.45) is 1.02. The van der Waals surface area contributed by atoms with Crippen molar-refractivity contribution < 1.29 is 9.53 Å². The third kappa shape index (κ3) is 3.97. The minimum atomic E-state index is 0.0746. The van der Waals surface area contributed by atoms with E-state index in [0.717, 1.165) is 26.1 Å². The zero-order valence-electron chi connectivity index (χ0n) is 13.3. The number of benzene rings is 1. The molecule has 1 fully saturated rings. The molecular formula is C17H26N2O2. The molecule has 1 amide bonds. The lowest BCUT2D eigenvalue weighted by Crippen LogP contribution is -2.41. The number of ether oxygens (including phenoxy) is 1. The molecule has 4 nitrogen and oxygen atoms in total. The molecule has 2 rings (SSSR count). The average molecular weight is 290 g/mol.